The van der Waals surface area contributed by atoms with Crippen LogP contribution in [0.1, 0.15) is 33.1 Å². The van der Waals surface area contributed by atoms with Gasteiger partial charge in [0.15, 0.2) is 0 Å². The lowest BCUT2D eigenvalue weighted by Crippen LogP contribution is -2.52. The third-order valence-electron chi connectivity index (χ3n) is 3.57. The van der Waals surface area contributed by atoms with E-state index in [4.69, 9.17) is 10.00 Å². The van der Waals surface area contributed by atoms with Crippen LogP contribution in [0.2, 0.25) is 0 Å². The van der Waals surface area contributed by atoms with Gasteiger partial charge in [0, 0.05) is 19.1 Å². The molecule has 0 spiro atoms. The summed E-state index contributed by atoms with van der Waals surface area (Å²) in [6.07, 6.45) is 3.48. The molecule has 1 saturated heterocycles. The number of ether oxygens (including phenoxy) is 1. The van der Waals surface area contributed by atoms with Gasteiger partial charge in [0.25, 0.3) is 0 Å². The van der Waals surface area contributed by atoms with Crippen LogP contribution in [-0.2, 0) is 4.74 Å². The van der Waals surface area contributed by atoms with Crippen LogP contribution in [0.5, 0.6) is 0 Å². The van der Waals surface area contributed by atoms with Gasteiger partial charge in [0.2, 0.25) is 0 Å². The first kappa shape index (κ1) is 10.9. The van der Waals surface area contributed by atoms with E-state index in [1.807, 2.05) is 0 Å². The monoisotopic (exact) mass is 208 g/mol. The van der Waals surface area contributed by atoms with E-state index in [0.29, 0.717) is 6.04 Å². The minimum Gasteiger partial charge on any atom is -0.373 e. The SMILES string of the molecule is CC1(C)CN(C2CCCC2C#N)CCO1. The molecule has 1 saturated carbocycles. The van der Waals surface area contributed by atoms with Crippen LogP contribution in [0, 0.1) is 17.2 Å². The van der Waals surface area contributed by atoms with Gasteiger partial charge in [-0.2, -0.15) is 5.26 Å². The van der Waals surface area contributed by atoms with E-state index in [2.05, 4.69) is 24.8 Å². The summed E-state index contributed by atoms with van der Waals surface area (Å²) in [7, 11) is 0. The van der Waals surface area contributed by atoms with Gasteiger partial charge in [0.1, 0.15) is 0 Å². The van der Waals surface area contributed by atoms with E-state index in [1.54, 1.807) is 0 Å². The topological polar surface area (TPSA) is 36.3 Å². The van der Waals surface area contributed by atoms with Gasteiger partial charge in [0.05, 0.1) is 24.2 Å². The maximum Gasteiger partial charge on any atom is 0.0753 e. The van der Waals surface area contributed by atoms with Crippen molar-refractivity contribution in [2.24, 2.45) is 5.92 Å². The van der Waals surface area contributed by atoms with Crippen molar-refractivity contribution >= 4 is 0 Å². The van der Waals surface area contributed by atoms with E-state index in [9.17, 15) is 0 Å². The zero-order valence-corrected chi connectivity index (χ0v) is 9.70. The largest absolute Gasteiger partial charge is 0.373 e. The van der Waals surface area contributed by atoms with Gasteiger partial charge in [-0.15, -0.1) is 0 Å². The summed E-state index contributed by atoms with van der Waals surface area (Å²) < 4.78 is 5.70. The standard InChI is InChI=1S/C12H20N2O/c1-12(2)9-14(6-7-15-12)11-5-3-4-10(11)8-13/h10-11H,3-7,9H2,1-2H3. The molecule has 84 valence electrons. The first-order chi connectivity index (χ1) is 7.12. The first-order valence-electron chi connectivity index (χ1n) is 5.90. The summed E-state index contributed by atoms with van der Waals surface area (Å²) in [4.78, 5) is 2.46. The van der Waals surface area contributed by atoms with Crippen molar-refractivity contribution < 1.29 is 4.74 Å². The van der Waals surface area contributed by atoms with Gasteiger partial charge in [-0.3, -0.25) is 4.90 Å². The van der Waals surface area contributed by atoms with Crippen molar-refractivity contribution in [3.05, 3.63) is 0 Å². The minimum absolute atomic E-state index is 0.0408. The number of hydrogen-bond acceptors (Lipinski definition) is 3. The molecule has 3 nitrogen and oxygen atoms in total. The van der Waals surface area contributed by atoms with Crippen molar-refractivity contribution in [1.82, 2.24) is 4.90 Å². The van der Waals surface area contributed by atoms with E-state index in [0.717, 1.165) is 26.1 Å². The number of nitriles is 1. The maximum absolute atomic E-state index is 9.09. The average Bonchev–Trinajstić information content (AvgIpc) is 2.63. The van der Waals surface area contributed by atoms with E-state index in [1.165, 1.54) is 12.8 Å². The molecule has 0 aromatic heterocycles. The fourth-order valence-corrected chi connectivity index (χ4v) is 2.86. The molecule has 1 heterocycles. The van der Waals surface area contributed by atoms with Crippen molar-refractivity contribution in [2.45, 2.75) is 44.8 Å². The highest BCUT2D eigenvalue weighted by molar-refractivity contribution is 4.99. The molecule has 1 aliphatic carbocycles. The Kier molecular flexibility index (Phi) is 2.99. The smallest absolute Gasteiger partial charge is 0.0753 e. The molecule has 0 aromatic rings. The maximum atomic E-state index is 9.09. The lowest BCUT2D eigenvalue weighted by molar-refractivity contribution is -0.0987. The van der Waals surface area contributed by atoms with Crippen LogP contribution >= 0.6 is 0 Å². The molecule has 2 fully saturated rings. The molecule has 0 radical (unpaired) electrons. The van der Waals surface area contributed by atoms with E-state index < -0.39 is 0 Å². The molecule has 2 atom stereocenters. The highest BCUT2D eigenvalue weighted by atomic mass is 16.5. The molecule has 2 unspecified atom stereocenters. The van der Waals surface area contributed by atoms with Crippen molar-refractivity contribution in [2.75, 3.05) is 19.7 Å². The highest BCUT2D eigenvalue weighted by Gasteiger charge is 2.37. The van der Waals surface area contributed by atoms with Crippen LogP contribution in [0.15, 0.2) is 0 Å². The summed E-state index contributed by atoms with van der Waals surface area (Å²) >= 11 is 0. The average molecular weight is 208 g/mol. The molecule has 0 amide bonds. The Labute approximate surface area is 92.0 Å². The number of nitrogens with zero attached hydrogens (tertiary/aromatic N) is 2. The molecule has 1 aliphatic heterocycles. The molecule has 15 heavy (non-hydrogen) atoms. The Bertz CT molecular complexity index is 269. The Morgan fingerprint density at radius 3 is 2.87 bits per heavy atom. The third-order valence-corrected chi connectivity index (χ3v) is 3.57. The van der Waals surface area contributed by atoms with E-state index >= 15 is 0 Å². The number of hydrogen-bond donors (Lipinski definition) is 0. The fourth-order valence-electron chi connectivity index (χ4n) is 2.86. The summed E-state index contributed by atoms with van der Waals surface area (Å²) in [6, 6.07) is 2.94. The third kappa shape index (κ3) is 2.32. The van der Waals surface area contributed by atoms with Gasteiger partial charge in [-0.1, -0.05) is 6.42 Å². The molecule has 0 aromatic carbocycles. The predicted octanol–water partition coefficient (Wildman–Crippen LogP) is 1.79. The van der Waals surface area contributed by atoms with Gasteiger partial charge < -0.3 is 4.74 Å². The van der Waals surface area contributed by atoms with Crippen molar-refractivity contribution in [3.8, 4) is 6.07 Å². The normalized spacial score (nSPS) is 36.3. The van der Waals surface area contributed by atoms with Crippen molar-refractivity contribution in [3.63, 3.8) is 0 Å². The quantitative estimate of drug-likeness (QED) is 0.659. The number of morpholine rings is 1. The second-order valence-corrected chi connectivity index (χ2v) is 5.31. The Hall–Kier alpha value is -0.590. The Morgan fingerprint density at radius 1 is 1.40 bits per heavy atom. The van der Waals surface area contributed by atoms with Gasteiger partial charge in [-0.25, -0.2) is 0 Å². The van der Waals surface area contributed by atoms with E-state index in [-0.39, 0.29) is 11.5 Å². The molecule has 0 bridgehead atoms. The lowest BCUT2D eigenvalue weighted by atomic mass is 10.00. The molecule has 3 heteroatoms. The van der Waals surface area contributed by atoms with Crippen molar-refractivity contribution in [1.29, 1.82) is 5.26 Å². The predicted molar refractivity (Wildman–Crippen MR) is 58.3 cm³/mol. The Morgan fingerprint density at radius 2 is 2.20 bits per heavy atom. The zero-order chi connectivity index (χ0) is 10.9. The molecule has 2 aliphatic rings. The van der Waals surface area contributed by atoms with Crippen LogP contribution in [-0.4, -0.2) is 36.2 Å². The summed E-state index contributed by atoms with van der Waals surface area (Å²) in [5.41, 5.74) is -0.0408. The molecular weight excluding hydrogens is 188 g/mol. The van der Waals surface area contributed by atoms with Crippen LogP contribution in [0.4, 0.5) is 0 Å². The van der Waals surface area contributed by atoms with Crippen LogP contribution in [0.25, 0.3) is 0 Å². The summed E-state index contributed by atoms with van der Waals surface area (Å²) in [5, 5.41) is 9.09. The molecule has 0 N–H and O–H groups in total. The molecular formula is C12H20N2O. The first-order valence-corrected chi connectivity index (χ1v) is 5.90. The van der Waals surface area contributed by atoms with Crippen LogP contribution in [0.3, 0.4) is 0 Å². The Balaban J connectivity index is 2.01. The number of rotatable bonds is 1. The lowest BCUT2D eigenvalue weighted by Gasteiger charge is -2.42. The highest BCUT2D eigenvalue weighted by Crippen LogP contribution is 2.31. The van der Waals surface area contributed by atoms with Gasteiger partial charge in [-0.05, 0) is 26.7 Å². The second kappa shape index (κ2) is 4.11. The fraction of sp³-hybridized carbons (Fsp3) is 0.917. The second-order valence-electron chi connectivity index (χ2n) is 5.31. The van der Waals surface area contributed by atoms with Gasteiger partial charge >= 0.3 is 0 Å². The zero-order valence-electron chi connectivity index (χ0n) is 9.70. The summed E-state index contributed by atoms with van der Waals surface area (Å²) in [6.45, 7) is 7.04. The minimum atomic E-state index is -0.0408. The van der Waals surface area contributed by atoms with Crippen LogP contribution < -0.4 is 0 Å². The molecule has 2 rings (SSSR count). The summed E-state index contributed by atoms with van der Waals surface area (Å²) in [5.74, 6) is 0.249.